The minimum absolute atomic E-state index is 0.0400. The van der Waals surface area contributed by atoms with Crippen LogP contribution in [-0.2, 0) is 0 Å². The number of phenols is 1. The van der Waals surface area contributed by atoms with Gasteiger partial charge in [-0.2, -0.15) is 5.26 Å². The maximum Gasteiger partial charge on any atom is 0.256 e. The first kappa shape index (κ1) is 15.5. The van der Waals surface area contributed by atoms with E-state index in [4.69, 9.17) is 15.2 Å². The number of phenolic OH excluding ortho intramolecular Hbond substituents is 1. The van der Waals surface area contributed by atoms with E-state index < -0.39 is 5.92 Å². The number of hydrogen-bond acceptors (Lipinski definition) is 6. The molecule has 1 aromatic heterocycles. The highest BCUT2D eigenvalue weighted by Crippen LogP contribution is 2.42. The fourth-order valence-electron chi connectivity index (χ4n) is 2.81. The lowest BCUT2D eigenvalue weighted by Crippen LogP contribution is -2.28. The Balaban J connectivity index is 2.30. The van der Waals surface area contributed by atoms with Gasteiger partial charge in [0.25, 0.3) is 5.56 Å². The summed E-state index contributed by atoms with van der Waals surface area (Å²) in [7, 11) is 1.42. The smallest absolute Gasteiger partial charge is 0.256 e. The van der Waals surface area contributed by atoms with E-state index in [9.17, 15) is 15.2 Å². The van der Waals surface area contributed by atoms with Crippen molar-refractivity contribution in [2.45, 2.75) is 12.8 Å². The minimum Gasteiger partial charge on any atom is -0.504 e. The summed E-state index contributed by atoms with van der Waals surface area (Å²) in [6.07, 6.45) is 0. The molecule has 0 spiro atoms. The third-order valence-corrected chi connectivity index (χ3v) is 3.89. The van der Waals surface area contributed by atoms with Crippen molar-refractivity contribution in [2.24, 2.45) is 5.73 Å². The zero-order chi connectivity index (χ0) is 17.4. The maximum absolute atomic E-state index is 12.5. The third kappa shape index (κ3) is 2.34. The van der Waals surface area contributed by atoms with Gasteiger partial charge < -0.3 is 25.3 Å². The Morgan fingerprint density at radius 2 is 2.17 bits per heavy atom. The van der Waals surface area contributed by atoms with Crippen LogP contribution in [0.4, 0.5) is 0 Å². The van der Waals surface area contributed by atoms with Gasteiger partial charge in [0.1, 0.15) is 17.4 Å². The molecule has 7 heteroatoms. The number of ether oxygens (including phenoxy) is 2. The first-order valence-electron chi connectivity index (χ1n) is 7.14. The summed E-state index contributed by atoms with van der Waals surface area (Å²) in [6.45, 7) is 1.73. The summed E-state index contributed by atoms with van der Waals surface area (Å²) in [5.41, 5.74) is 7.14. The molecule has 0 fully saturated rings. The van der Waals surface area contributed by atoms with E-state index in [-0.39, 0.29) is 28.5 Å². The number of pyridine rings is 1. The van der Waals surface area contributed by atoms with Crippen LogP contribution in [0.25, 0.3) is 0 Å². The number of nitriles is 1. The van der Waals surface area contributed by atoms with Gasteiger partial charge in [0.2, 0.25) is 5.88 Å². The standard InChI is InChI=1S/C17H15N3O4/c1-8-5-13-15(17(22)20-8)14(10(7-18)16(19)24-13)9-3-4-11(21)12(6-9)23-2/h3-6,14,21H,19H2,1-2H3,(H,20,22). The SMILES string of the molecule is COc1cc(C2C(C#N)=C(N)Oc3cc(C)[nH]c(=O)c32)ccc1O. The van der Waals surface area contributed by atoms with E-state index in [0.717, 1.165) is 0 Å². The molecule has 0 bridgehead atoms. The van der Waals surface area contributed by atoms with Crippen molar-refractivity contribution < 1.29 is 14.6 Å². The Kier molecular flexibility index (Phi) is 3.66. The van der Waals surface area contributed by atoms with Crippen LogP contribution in [0.3, 0.4) is 0 Å². The number of aromatic hydroxyl groups is 1. The van der Waals surface area contributed by atoms with Gasteiger partial charge in [-0.1, -0.05) is 6.07 Å². The Morgan fingerprint density at radius 3 is 2.83 bits per heavy atom. The second kappa shape index (κ2) is 5.66. The summed E-state index contributed by atoms with van der Waals surface area (Å²) in [5.74, 6) is -0.254. The molecule has 24 heavy (non-hydrogen) atoms. The maximum atomic E-state index is 12.5. The first-order chi connectivity index (χ1) is 11.5. The van der Waals surface area contributed by atoms with Crippen molar-refractivity contribution in [3.8, 4) is 23.3 Å². The average molecular weight is 325 g/mol. The van der Waals surface area contributed by atoms with E-state index >= 15 is 0 Å². The molecule has 0 aliphatic carbocycles. The predicted molar refractivity (Wildman–Crippen MR) is 85.8 cm³/mol. The summed E-state index contributed by atoms with van der Waals surface area (Å²) in [5, 5.41) is 19.3. The van der Waals surface area contributed by atoms with Gasteiger partial charge in [-0.25, -0.2) is 0 Å². The number of methoxy groups -OCH3 is 1. The number of benzene rings is 1. The number of hydrogen-bond donors (Lipinski definition) is 3. The van der Waals surface area contributed by atoms with Gasteiger partial charge in [-0.05, 0) is 24.6 Å². The molecule has 0 radical (unpaired) electrons. The summed E-state index contributed by atoms with van der Waals surface area (Å²) >= 11 is 0. The molecule has 2 heterocycles. The van der Waals surface area contributed by atoms with E-state index in [1.54, 1.807) is 25.1 Å². The highest BCUT2D eigenvalue weighted by atomic mass is 16.5. The molecule has 3 rings (SSSR count). The van der Waals surface area contributed by atoms with Crippen LogP contribution in [0.2, 0.25) is 0 Å². The van der Waals surface area contributed by atoms with Crippen LogP contribution in [0.5, 0.6) is 17.2 Å². The molecule has 0 amide bonds. The van der Waals surface area contributed by atoms with Crippen molar-refractivity contribution in [1.82, 2.24) is 4.98 Å². The lowest BCUT2D eigenvalue weighted by molar-refractivity contribution is 0.372. The normalized spacial score (nSPS) is 16.1. The molecular weight excluding hydrogens is 310 g/mol. The number of allylic oxidation sites excluding steroid dienone is 1. The second-order valence-corrected chi connectivity index (χ2v) is 5.42. The Hall–Kier alpha value is -3.40. The third-order valence-electron chi connectivity index (χ3n) is 3.89. The number of aromatic amines is 1. The minimum atomic E-state index is -0.711. The molecule has 0 saturated heterocycles. The number of fused-ring (bicyclic) bond motifs is 1. The van der Waals surface area contributed by atoms with Crippen LogP contribution >= 0.6 is 0 Å². The highest BCUT2D eigenvalue weighted by Gasteiger charge is 2.33. The van der Waals surface area contributed by atoms with Crippen LogP contribution in [-0.4, -0.2) is 17.2 Å². The predicted octanol–water partition coefficient (Wildman–Crippen LogP) is 1.62. The van der Waals surface area contributed by atoms with Crippen LogP contribution in [0, 0.1) is 18.3 Å². The molecule has 1 aliphatic heterocycles. The molecule has 7 nitrogen and oxygen atoms in total. The molecule has 0 saturated carbocycles. The summed E-state index contributed by atoms with van der Waals surface area (Å²) < 4.78 is 10.6. The summed E-state index contributed by atoms with van der Waals surface area (Å²) in [6, 6.07) is 8.29. The van der Waals surface area contributed by atoms with Gasteiger partial charge in [0.15, 0.2) is 11.5 Å². The molecule has 1 unspecified atom stereocenters. The number of nitrogens with two attached hydrogens (primary N) is 1. The Morgan fingerprint density at radius 1 is 1.42 bits per heavy atom. The van der Waals surface area contributed by atoms with Crippen molar-refractivity contribution in [3.05, 3.63) is 62.9 Å². The first-order valence-corrected chi connectivity index (χ1v) is 7.14. The lowest BCUT2D eigenvalue weighted by atomic mass is 9.84. The molecule has 1 atom stereocenters. The van der Waals surface area contributed by atoms with Gasteiger partial charge >= 0.3 is 0 Å². The fraction of sp³-hybridized carbons (Fsp3) is 0.176. The molecule has 4 N–H and O–H groups in total. The number of aryl methyl sites for hydroxylation is 1. The zero-order valence-corrected chi connectivity index (χ0v) is 13.1. The summed E-state index contributed by atoms with van der Waals surface area (Å²) in [4.78, 5) is 15.2. The van der Waals surface area contributed by atoms with Crippen LogP contribution < -0.4 is 20.8 Å². The number of nitrogens with one attached hydrogen (secondary N) is 1. The highest BCUT2D eigenvalue weighted by molar-refractivity contribution is 5.57. The van der Waals surface area contributed by atoms with Gasteiger partial charge in [-0.15, -0.1) is 0 Å². The monoisotopic (exact) mass is 325 g/mol. The second-order valence-electron chi connectivity index (χ2n) is 5.42. The zero-order valence-electron chi connectivity index (χ0n) is 13.1. The van der Waals surface area contributed by atoms with Crippen molar-refractivity contribution in [2.75, 3.05) is 7.11 Å². The van der Waals surface area contributed by atoms with E-state index in [0.29, 0.717) is 22.6 Å². The molecular formula is C17H15N3O4. The number of rotatable bonds is 2. The average Bonchev–Trinajstić information content (AvgIpc) is 2.53. The van der Waals surface area contributed by atoms with E-state index in [2.05, 4.69) is 4.98 Å². The Labute approximate surface area is 137 Å². The Bertz CT molecular complexity index is 953. The molecule has 2 aromatic rings. The molecule has 122 valence electrons. The van der Waals surface area contributed by atoms with E-state index in [1.807, 2.05) is 6.07 Å². The fourth-order valence-corrected chi connectivity index (χ4v) is 2.81. The van der Waals surface area contributed by atoms with Gasteiger partial charge in [-0.3, -0.25) is 4.79 Å². The number of aromatic nitrogens is 1. The lowest BCUT2D eigenvalue weighted by Gasteiger charge is -2.26. The van der Waals surface area contributed by atoms with Gasteiger partial charge in [0.05, 0.1) is 18.6 Å². The van der Waals surface area contributed by atoms with Crippen molar-refractivity contribution >= 4 is 0 Å². The van der Waals surface area contributed by atoms with E-state index in [1.165, 1.54) is 13.2 Å². The largest absolute Gasteiger partial charge is 0.504 e. The van der Waals surface area contributed by atoms with Crippen molar-refractivity contribution in [3.63, 3.8) is 0 Å². The van der Waals surface area contributed by atoms with Crippen LogP contribution in [0.15, 0.2) is 40.5 Å². The number of H-pyrrole nitrogens is 1. The number of nitrogens with zero attached hydrogens (tertiary/aromatic N) is 1. The topological polar surface area (TPSA) is 121 Å². The molecule has 1 aliphatic rings. The van der Waals surface area contributed by atoms with Crippen LogP contribution in [0.1, 0.15) is 22.7 Å². The molecule has 1 aromatic carbocycles. The quantitative estimate of drug-likeness (QED) is 0.771. The van der Waals surface area contributed by atoms with Gasteiger partial charge in [0, 0.05) is 11.8 Å². The van der Waals surface area contributed by atoms with Crippen molar-refractivity contribution in [1.29, 1.82) is 5.26 Å².